The van der Waals surface area contributed by atoms with Gasteiger partial charge in [0.2, 0.25) is 0 Å². The molecule has 1 aromatic heterocycles. The molecule has 0 aliphatic heterocycles. The number of rotatable bonds is 1. The first-order valence-corrected chi connectivity index (χ1v) is 7.22. The molecule has 0 saturated carbocycles. The van der Waals surface area contributed by atoms with Gasteiger partial charge in [0.05, 0.1) is 5.52 Å². The number of hydrogen-bond donors (Lipinski definition) is 2. The number of nitrogens with zero attached hydrogens (tertiary/aromatic N) is 1. The summed E-state index contributed by atoms with van der Waals surface area (Å²) in [6.07, 6.45) is 0. The molecule has 4 rings (SSSR count). The Hall–Kier alpha value is -2.94. The van der Waals surface area contributed by atoms with Gasteiger partial charge >= 0.3 is 0 Å². The summed E-state index contributed by atoms with van der Waals surface area (Å²) in [7, 11) is 2.04. The van der Waals surface area contributed by atoms with Crippen molar-refractivity contribution in [2.45, 2.75) is 0 Å². The van der Waals surface area contributed by atoms with Crippen LogP contribution in [-0.2, 0) is 7.05 Å². The van der Waals surface area contributed by atoms with E-state index in [1.807, 2.05) is 49.5 Å². The Labute approximate surface area is 128 Å². The zero-order valence-corrected chi connectivity index (χ0v) is 12.2. The van der Waals surface area contributed by atoms with Gasteiger partial charge in [0.25, 0.3) is 0 Å². The Bertz CT molecular complexity index is 1010. The highest BCUT2D eigenvalue weighted by Crippen LogP contribution is 2.40. The number of hydrogen-bond acceptors (Lipinski definition) is 2. The van der Waals surface area contributed by atoms with Crippen LogP contribution in [0.3, 0.4) is 0 Å². The van der Waals surface area contributed by atoms with E-state index in [1.165, 1.54) is 5.39 Å². The van der Waals surface area contributed by atoms with Gasteiger partial charge in [0.15, 0.2) is 0 Å². The monoisotopic (exact) mass is 288 g/mol. The highest BCUT2D eigenvalue weighted by atomic mass is 16.3. The van der Waals surface area contributed by atoms with E-state index in [0.29, 0.717) is 5.69 Å². The predicted octanol–water partition coefficient (Wildman–Crippen LogP) is 4.29. The third-order valence-corrected chi connectivity index (χ3v) is 4.23. The smallest absolute Gasteiger partial charge is 0.123 e. The van der Waals surface area contributed by atoms with Crippen LogP contribution >= 0.6 is 0 Å². The van der Waals surface area contributed by atoms with Gasteiger partial charge in [0, 0.05) is 34.6 Å². The number of fused-ring (bicyclic) bond motifs is 3. The molecule has 0 aliphatic carbocycles. The first-order chi connectivity index (χ1) is 10.7. The van der Waals surface area contributed by atoms with Crippen LogP contribution in [0, 0.1) is 0 Å². The van der Waals surface area contributed by atoms with Gasteiger partial charge in [-0.05, 0) is 29.8 Å². The Morgan fingerprint density at radius 1 is 0.864 bits per heavy atom. The van der Waals surface area contributed by atoms with Gasteiger partial charge in [-0.2, -0.15) is 0 Å². The zero-order chi connectivity index (χ0) is 15.3. The second-order valence-corrected chi connectivity index (χ2v) is 5.56. The van der Waals surface area contributed by atoms with Crippen molar-refractivity contribution in [3.63, 3.8) is 0 Å². The van der Waals surface area contributed by atoms with Crippen molar-refractivity contribution < 1.29 is 5.11 Å². The number of anilines is 1. The lowest BCUT2D eigenvalue weighted by Gasteiger charge is -2.09. The number of aryl methyl sites for hydroxylation is 1. The van der Waals surface area contributed by atoms with E-state index < -0.39 is 0 Å². The van der Waals surface area contributed by atoms with Gasteiger partial charge < -0.3 is 15.4 Å². The predicted molar refractivity (Wildman–Crippen MR) is 91.9 cm³/mol. The summed E-state index contributed by atoms with van der Waals surface area (Å²) in [4.78, 5) is 0. The minimum Gasteiger partial charge on any atom is -0.507 e. The standard InChI is InChI=1S/C19H16N2O/c1-21-16-8-4-2-7-14(16)19-15(10-12(20)11-17(19)21)13-6-3-5-9-18(13)22/h2-11,22H,20H2,1H3. The van der Waals surface area contributed by atoms with Crippen molar-refractivity contribution in [3.8, 4) is 16.9 Å². The number of aromatic hydroxyl groups is 1. The number of nitrogens with two attached hydrogens (primary N) is 1. The van der Waals surface area contributed by atoms with Crippen LogP contribution in [0.2, 0.25) is 0 Å². The Kier molecular flexibility index (Phi) is 2.63. The third-order valence-electron chi connectivity index (χ3n) is 4.23. The molecule has 22 heavy (non-hydrogen) atoms. The normalized spacial score (nSPS) is 11.3. The summed E-state index contributed by atoms with van der Waals surface area (Å²) in [6, 6.07) is 19.6. The average Bonchev–Trinajstić information content (AvgIpc) is 2.81. The molecule has 4 aromatic rings. The SMILES string of the molecule is Cn1c2ccccc2c2c(-c3ccccc3O)cc(N)cc21. The van der Waals surface area contributed by atoms with Gasteiger partial charge in [-0.15, -0.1) is 0 Å². The summed E-state index contributed by atoms with van der Waals surface area (Å²) in [5, 5.41) is 12.5. The minimum absolute atomic E-state index is 0.266. The van der Waals surface area contributed by atoms with Gasteiger partial charge in [-0.25, -0.2) is 0 Å². The highest BCUT2D eigenvalue weighted by molar-refractivity contribution is 6.16. The summed E-state index contributed by atoms with van der Waals surface area (Å²) < 4.78 is 2.14. The maximum absolute atomic E-state index is 10.2. The van der Waals surface area contributed by atoms with Crippen LogP contribution < -0.4 is 5.73 Å². The van der Waals surface area contributed by atoms with Crippen LogP contribution in [-0.4, -0.2) is 9.67 Å². The first-order valence-electron chi connectivity index (χ1n) is 7.22. The van der Waals surface area contributed by atoms with Crippen molar-refractivity contribution in [2.75, 3.05) is 5.73 Å². The summed E-state index contributed by atoms with van der Waals surface area (Å²) in [5.74, 6) is 0.266. The molecule has 0 saturated heterocycles. The summed E-state index contributed by atoms with van der Waals surface area (Å²) in [6.45, 7) is 0. The molecule has 3 heteroatoms. The minimum atomic E-state index is 0.266. The zero-order valence-electron chi connectivity index (χ0n) is 12.2. The molecule has 0 unspecified atom stereocenters. The number of nitrogen functional groups attached to an aromatic ring is 1. The maximum atomic E-state index is 10.2. The fraction of sp³-hybridized carbons (Fsp3) is 0.0526. The summed E-state index contributed by atoms with van der Waals surface area (Å²) >= 11 is 0. The number of aromatic nitrogens is 1. The second kappa shape index (κ2) is 4.53. The van der Waals surface area contributed by atoms with E-state index in [1.54, 1.807) is 6.07 Å². The number of phenolic OH excluding ortho intramolecular Hbond substituents is 1. The van der Waals surface area contributed by atoms with E-state index in [9.17, 15) is 5.11 Å². The lowest BCUT2D eigenvalue weighted by Crippen LogP contribution is -1.91. The molecular weight excluding hydrogens is 272 g/mol. The van der Waals surface area contributed by atoms with Crippen molar-refractivity contribution in [1.82, 2.24) is 4.57 Å². The van der Waals surface area contributed by atoms with E-state index in [4.69, 9.17) is 5.73 Å². The van der Waals surface area contributed by atoms with E-state index in [-0.39, 0.29) is 5.75 Å². The van der Waals surface area contributed by atoms with Gasteiger partial charge in [0.1, 0.15) is 5.75 Å². The summed E-state index contributed by atoms with van der Waals surface area (Å²) in [5.41, 5.74) is 10.8. The van der Waals surface area contributed by atoms with Crippen LogP contribution in [0.4, 0.5) is 5.69 Å². The Morgan fingerprint density at radius 3 is 2.41 bits per heavy atom. The number of phenols is 1. The lowest BCUT2D eigenvalue weighted by atomic mass is 9.98. The first kappa shape index (κ1) is 12.8. The molecule has 1 heterocycles. The van der Waals surface area contributed by atoms with Crippen LogP contribution in [0.15, 0.2) is 60.7 Å². The molecule has 0 radical (unpaired) electrons. The molecule has 0 amide bonds. The van der Waals surface area contributed by atoms with Crippen molar-refractivity contribution in [3.05, 3.63) is 60.7 Å². The van der Waals surface area contributed by atoms with E-state index in [0.717, 1.165) is 27.5 Å². The fourth-order valence-electron chi connectivity index (χ4n) is 3.22. The second-order valence-electron chi connectivity index (χ2n) is 5.56. The lowest BCUT2D eigenvalue weighted by molar-refractivity contribution is 0.477. The van der Waals surface area contributed by atoms with Gasteiger partial charge in [-0.1, -0.05) is 36.4 Å². The Morgan fingerprint density at radius 2 is 1.59 bits per heavy atom. The topological polar surface area (TPSA) is 51.2 Å². The Balaban J connectivity index is 2.24. The molecular formula is C19H16N2O. The molecule has 0 atom stereocenters. The van der Waals surface area contributed by atoms with E-state index in [2.05, 4.69) is 16.7 Å². The van der Waals surface area contributed by atoms with Crippen LogP contribution in [0.25, 0.3) is 32.9 Å². The molecule has 0 aliphatic rings. The van der Waals surface area contributed by atoms with E-state index >= 15 is 0 Å². The molecule has 108 valence electrons. The third kappa shape index (κ3) is 1.69. The number of benzene rings is 3. The molecule has 0 fully saturated rings. The van der Waals surface area contributed by atoms with Crippen LogP contribution in [0.5, 0.6) is 5.75 Å². The highest BCUT2D eigenvalue weighted by Gasteiger charge is 2.15. The van der Waals surface area contributed by atoms with Crippen molar-refractivity contribution in [2.24, 2.45) is 7.05 Å². The molecule has 3 nitrogen and oxygen atoms in total. The fourth-order valence-corrected chi connectivity index (χ4v) is 3.22. The molecule has 3 aromatic carbocycles. The molecule has 0 spiro atoms. The molecule has 3 N–H and O–H groups in total. The quantitative estimate of drug-likeness (QED) is 0.513. The van der Waals surface area contributed by atoms with Crippen molar-refractivity contribution in [1.29, 1.82) is 0 Å². The number of para-hydroxylation sites is 2. The largest absolute Gasteiger partial charge is 0.507 e. The van der Waals surface area contributed by atoms with Crippen LogP contribution in [0.1, 0.15) is 0 Å². The maximum Gasteiger partial charge on any atom is 0.123 e. The van der Waals surface area contributed by atoms with Gasteiger partial charge in [-0.3, -0.25) is 0 Å². The molecule has 0 bridgehead atoms. The van der Waals surface area contributed by atoms with Crippen molar-refractivity contribution >= 4 is 27.5 Å². The average molecular weight is 288 g/mol.